The minimum absolute atomic E-state index is 0.0859. The summed E-state index contributed by atoms with van der Waals surface area (Å²) < 4.78 is 18.0. The van der Waals surface area contributed by atoms with Crippen LogP contribution >= 0.6 is 7.60 Å². The van der Waals surface area contributed by atoms with Gasteiger partial charge >= 0.3 is 13.7 Å². The minimum atomic E-state index is -4.28. The van der Waals surface area contributed by atoms with Crippen LogP contribution in [0.1, 0.15) is 43.7 Å². The first kappa shape index (κ1) is 18.4. The van der Waals surface area contributed by atoms with Gasteiger partial charge in [-0.1, -0.05) is 0 Å². The van der Waals surface area contributed by atoms with Gasteiger partial charge in [0, 0.05) is 18.8 Å². The van der Waals surface area contributed by atoms with Gasteiger partial charge in [0.05, 0.1) is 6.16 Å². The van der Waals surface area contributed by atoms with Crippen LogP contribution in [-0.2, 0) is 9.30 Å². The van der Waals surface area contributed by atoms with Gasteiger partial charge < -0.3 is 24.8 Å². The third-order valence-electron chi connectivity index (χ3n) is 3.35. The van der Waals surface area contributed by atoms with Crippen LogP contribution in [-0.4, -0.2) is 49.6 Å². The van der Waals surface area contributed by atoms with Gasteiger partial charge in [-0.05, 0) is 27.2 Å². The average Bonchev–Trinajstić information content (AvgIpc) is 2.80. The van der Waals surface area contributed by atoms with E-state index in [0.29, 0.717) is 0 Å². The molecule has 0 radical (unpaired) electrons. The molecule has 0 aromatic carbocycles. The Morgan fingerprint density at radius 1 is 1.46 bits per heavy atom. The smallest absolute Gasteiger partial charge is 0.417 e. The number of nitrogens with two attached hydrogens (primary N) is 1. The van der Waals surface area contributed by atoms with E-state index in [4.69, 9.17) is 10.5 Å². The maximum Gasteiger partial charge on any atom is 0.417 e. The summed E-state index contributed by atoms with van der Waals surface area (Å²) >= 11 is 0. The van der Waals surface area contributed by atoms with Gasteiger partial charge in [-0.2, -0.15) is 0 Å². The number of nitrogens with zero attached hydrogens (tertiary/aromatic N) is 3. The zero-order chi connectivity index (χ0) is 18.3. The van der Waals surface area contributed by atoms with Crippen LogP contribution in [0.2, 0.25) is 0 Å². The number of aromatic nitrogens is 2. The summed E-state index contributed by atoms with van der Waals surface area (Å²) in [5, 5.41) is 0. The number of primary amides is 1. The second-order valence-electron chi connectivity index (χ2n) is 6.62. The van der Waals surface area contributed by atoms with Crippen LogP contribution in [0.5, 0.6) is 0 Å². The van der Waals surface area contributed by atoms with E-state index in [0.717, 1.165) is 0 Å². The molecule has 0 saturated heterocycles. The van der Waals surface area contributed by atoms with Gasteiger partial charge in [0.15, 0.2) is 0 Å². The molecule has 11 heteroatoms. The number of hydrogen-bond acceptors (Lipinski definition) is 5. The molecule has 0 spiro atoms. The number of rotatable bonds is 3. The molecule has 0 aliphatic carbocycles. The fraction of sp³-hybridized carbons (Fsp3) is 0.615. The van der Waals surface area contributed by atoms with Crippen molar-refractivity contribution in [2.45, 2.75) is 38.8 Å². The number of fused-ring (bicyclic) bond motifs is 1. The standard InChI is InChI=1S/C13H21N4O6P/c1-13(2,3)23-12(19)16-5-4-8(7-24(20,21)22)17-6-9(10(14)18)15-11(16)17/h6,8H,4-5,7H2,1-3H3,(H2,14,18)(H2,20,21,22). The zero-order valence-corrected chi connectivity index (χ0v) is 14.6. The molecule has 1 aromatic rings. The Labute approximate surface area is 138 Å². The molecular formula is C13H21N4O6P. The van der Waals surface area contributed by atoms with Crippen LogP contribution in [0.3, 0.4) is 0 Å². The number of carbonyl (C=O) groups excluding carboxylic acids is 2. The van der Waals surface area contributed by atoms with E-state index in [1.807, 2.05) is 0 Å². The van der Waals surface area contributed by atoms with Crippen LogP contribution in [0.15, 0.2) is 6.20 Å². The highest BCUT2D eigenvalue weighted by atomic mass is 31.2. The second kappa shape index (κ2) is 6.19. The van der Waals surface area contributed by atoms with Crippen LogP contribution in [0.25, 0.3) is 0 Å². The van der Waals surface area contributed by atoms with Crippen molar-refractivity contribution in [2.24, 2.45) is 5.73 Å². The number of ether oxygens (including phenoxy) is 1. The third-order valence-corrected chi connectivity index (χ3v) is 4.25. The zero-order valence-electron chi connectivity index (χ0n) is 13.7. The topological polar surface area (TPSA) is 148 Å². The number of imidazole rings is 1. The molecule has 1 atom stereocenters. The van der Waals surface area contributed by atoms with E-state index >= 15 is 0 Å². The van der Waals surface area contributed by atoms with E-state index in [1.165, 1.54) is 15.7 Å². The van der Waals surface area contributed by atoms with Crippen molar-refractivity contribution in [3.8, 4) is 0 Å². The van der Waals surface area contributed by atoms with E-state index in [9.17, 15) is 23.9 Å². The lowest BCUT2D eigenvalue weighted by atomic mass is 10.2. The number of anilines is 1. The minimum Gasteiger partial charge on any atom is -0.443 e. The summed E-state index contributed by atoms with van der Waals surface area (Å²) in [4.78, 5) is 47.4. The van der Waals surface area contributed by atoms with E-state index in [2.05, 4.69) is 4.98 Å². The monoisotopic (exact) mass is 360 g/mol. The molecule has 1 unspecified atom stereocenters. The molecule has 2 amide bonds. The van der Waals surface area contributed by atoms with Gasteiger partial charge in [-0.15, -0.1) is 0 Å². The fourth-order valence-electron chi connectivity index (χ4n) is 2.43. The highest BCUT2D eigenvalue weighted by Crippen LogP contribution is 2.42. The van der Waals surface area contributed by atoms with Crippen molar-refractivity contribution in [1.29, 1.82) is 0 Å². The maximum absolute atomic E-state index is 12.3. The Morgan fingerprint density at radius 3 is 2.58 bits per heavy atom. The molecule has 0 bridgehead atoms. The lowest BCUT2D eigenvalue weighted by molar-refractivity contribution is 0.0569. The van der Waals surface area contributed by atoms with Gasteiger partial charge in [0.25, 0.3) is 5.91 Å². The molecule has 4 N–H and O–H groups in total. The van der Waals surface area contributed by atoms with E-state index in [-0.39, 0.29) is 24.6 Å². The van der Waals surface area contributed by atoms with E-state index in [1.54, 1.807) is 20.8 Å². The summed E-state index contributed by atoms with van der Waals surface area (Å²) in [6.07, 6.45) is 0.511. The average molecular weight is 360 g/mol. The van der Waals surface area contributed by atoms with Gasteiger partial charge in [-0.25, -0.2) is 14.7 Å². The highest BCUT2D eigenvalue weighted by molar-refractivity contribution is 7.51. The molecule has 134 valence electrons. The summed E-state index contributed by atoms with van der Waals surface area (Å²) in [7, 11) is -4.28. The Kier molecular flexibility index (Phi) is 4.76. The molecule has 24 heavy (non-hydrogen) atoms. The van der Waals surface area contributed by atoms with E-state index < -0.39 is 37.4 Å². The van der Waals surface area contributed by atoms with Gasteiger partial charge in [0.2, 0.25) is 5.95 Å². The normalized spacial score (nSPS) is 18.2. The molecule has 0 fully saturated rings. The Morgan fingerprint density at radius 2 is 2.08 bits per heavy atom. The molecule has 2 rings (SSSR count). The maximum atomic E-state index is 12.3. The molecule has 2 heterocycles. The van der Waals surface area contributed by atoms with Gasteiger partial charge in [0.1, 0.15) is 11.3 Å². The molecule has 1 aliphatic rings. The Balaban J connectivity index is 2.38. The SMILES string of the molecule is CC(C)(C)OC(=O)N1CCC(CP(=O)(O)O)n2cc(C(N)=O)nc21. The Bertz CT molecular complexity index is 704. The second-order valence-corrected chi connectivity index (χ2v) is 8.31. The lowest BCUT2D eigenvalue weighted by Crippen LogP contribution is -2.43. The predicted molar refractivity (Wildman–Crippen MR) is 84.9 cm³/mol. The number of amides is 2. The third kappa shape index (κ3) is 4.34. The van der Waals surface area contributed by atoms with Crippen molar-refractivity contribution < 1.29 is 28.7 Å². The Hall–Kier alpha value is -1.90. The summed E-state index contributed by atoms with van der Waals surface area (Å²) in [5.41, 5.74) is 4.41. The van der Waals surface area contributed by atoms with Gasteiger partial charge in [-0.3, -0.25) is 9.36 Å². The van der Waals surface area contributed by atoms with Crippen LogP contribution in [0, 0.1) is 0 Å². The lowest BCUT2D eigenvalue weighted by Gasteiger charge is -2.34. The van der Waals surface area contributed by atoms with Crippen molar-refractivity contribution in [2.75, 3.05) is 17.6 Å². The number of hydrogen-bond donors (Lipinski definition) is 3. The molecule has 10 nitrogen and oxygen atoms in total. The predicted octanol–water partition coefficient (Wildman–Crippen LogP) is 0.846. The first-order chi connectivity index (χ1) is 10.9. The van der Waals surface area contributed by atoms with Crippen molar-refractivity contribution in [3.63, 3.8) is 0 Å². The molecule has 1 aromatic heterocycles. The van der Waals surface area contributed by atoms with Crippen LogP contribution in [0.4, 0.5) is 10.7 Å². The number of carbonyl (C=O) groups is 2. The summed E-state index contributed by atoms with van der Waals surface area (Å²) in [6, 6.07) is -0.597. The van der Waals surface area contributed by atoms with Crippen molar-refractivity contribution in [3.05, 3.63) is 11.9 Å². The first-order valence-corrected chi connectivity index (χ1v) is 9.11. The summed E-state index contributed by atoms with van der Waals surface area (Å²) in [5.74, 6) is -0.710. The molecule has 0 saturated carbocycles. The highest BCUT2D eigenvalue weighted by Gasteiger charge is 2.36. The summed E-state index contributed by atoms with van der Waals surface area (Å²) in [6.45, 7) is 5.31. The van der Waals surface area contributed by atoms with Crippen LogP contribution < -0.4 is 10.6 Å². The molecular weight excluding hydrogens is 339 g/mol. The molecule has 1 aliphatic heterocycles. The van der Waals surface area contributed by atoms with Crippen molar-refractivity contribution >= 4 is 25.5 Å². The quantitative estimate of drug-likeness (QED) is 0.677. The van der Waals surface area contributed by atoms with Crippen molar-refractivity contribution in [1.82, 2.24) is 9.55 Å². The first-order valence-electron chi connectivity index (χ1n) is 7.31. The fourth-order valence-corrected chi connectivity index (χ4v) is 3.34. The largest absolute Gasteiger partial charge is 0.443 e.